The summed E-state index contributed by atoms with van der Waals surface area (Å²) in [5, 5.41) is 5.61. The van der Waals surface area contributed by atoms with Crippen molar-refractivity contribution in [2.45, 2.75) is 12.8 Å². The highest BCUT2D eigenvalue weighted by atomic mass is 19.1. The van der Waals surface area contributed by atoms with Gasteiger partial charge in [0.2, 0.25) is 0 Å². The second kappa shape index (κ2) is 9.02. The first kappa shape index (κ1) is 18.7. The normalized spacial score (nSPS) is 13.4. The van der Waals surface area contributed by atoms with Crippen LogP contribution in [0.25, 0.3) is 0 Å². The molecule has 1 heterocycles. The molecule has 0 spiro atoms. The Hall–Kier alpha value is -3.09. The third-order valence-corrected chi connectivity index (χ3v) is 4.24. The van der Waals surface area contributed by atoms with Crippen molar-refractivity contribution in [3.05, 3.63) is 59.9 Å². The van der Waals surface area contributed by atoms with Crippen molar-refractivity contribution in [3.63, 3.8) is 0 Å². The number of hydrogen-bond donors (Lipinski definition) is 2. The Balaban J connectivity index is 1.35. The summed E-state index contributed by atoms with van der Waals surface area (Å²) in [7, 11) is 0. The van der Waals surface area contributed by atoms with Crippen molar-refractivity contribution in [1.82, 2.24) is 10.6 Å². The summed E-state index contributed by atoms with van der Waals surface area (Å²) in [4.78, 5) is 25.4. The van der Waals surface area contributed by atoms with Crippen molar-refractivity contribution in [2.24, 2.45) is 0 Å². The molecule has 2 aromatic rings. The number of halogens is 1. The van der Waals surface area contributed by atoms with Crippen LogP contribution in [0.15, 0.2) is 48.5 Å². The molecule has 27 heavy (non-hydrogen) atoms. The van der Waals surface area contributed by atoms with E-state index >= 15 is 0 Å². The van der Waals surface area contributed by atoms with Gasteiger partial charge >= 0.3 is 6.03 Å². The lowest BCUT2D eigenvalue weighted by atomic mass is 10.2. The number of carbonyl (C=O) groups is 2. The predicted octanol–water partition coefficient (Wildman–Crippen LogP) is 2.94. The van der Waals surface area contributed by atoms with E-state index in [9.17, 15) is 14.0 Å². The van der Waals surface area contributed by atoms with Gasteiger partial charge < -0.3 is 15.4 Å². The number of amides is 3. The third-order valence-electron chi connectivity index (χ3n) is 4.24. The highest BCUT2D eigenvalue weighted by Crippen LogP contribution is 2.17. The van der Waals surface area contributed by atoms with Crippen LogP contribution in [0.2, 0.25) is 0 Å². The van der Waals surface area contributed by atoms with E-state index in [1.165, 1.54) is 12.1 Å². The van der Waals surface area contributed by atoms with E-state index in [0.717, 1.165) is 18.5 Å². The number of urea groups is 1. The number of anilines is 1. The lowest BCUT2D eigenvalue weighted by molar-refractivity contribution is 0.0952. The number of ether oxygens (including phenoxy) is 1. The van der Waals surface area contributed by atoms with Crippen LogP contribution >= 0.6 is 0 Å². The van der Waals surface area contributed by atoms with E-state index in [2.05, 4.69) is 10.6 Å². The molecular weight excluding hydrogens is 349 g/mol. The van der Waals surface area contributed by atoms with Gasteiger partial charge in [-0.2, -0.15) is 0 Å². The fourth-order valence-electron chi connectivity index (χ4n) is 2.76. The van der Waals surface area contributed by atoms with Gasteiger partial charge in [0.25, 0.3) is 5.91 Å². The molecule has 1 aliphatic rings. The van der Waals surface area contributed by atoms with Crippen molar-refractivity contribution in [2.75, 3.05) is 31.1 Å². The molecule has 0 saturated carbocycles. The van der Waals surface area contributed by atoms with Crippen LogP contribution in [-0.4, -0.2) is 38.2 Å². The average Bonchev–Trinajstić information content (AvgIpc) is 3.12. The monoisotopic (exact) mass is 371 g/mol. The third kappa shape index (κ3) is 5.20. The van der Waals surface area contributed by atoms with Crippen LogP contribution in [0.3, 0.4) is 0 Å². The summed E-state index contributed by atoms with van der Waals surface area (Å²) >= 11 is 0. The van der Waals surface area contributed by atoms with Crippen LogP contribution < -0.4 is 20.3 Å². The quantitative estimate of drug-likeness (QED) is 0.701. The van der Waals surface area contributed by atoms with Crippen LogP contribution in [0.4, 0.5) is 14.9 Å². The summed E-state index contributed by atoms with van der Waals surface area (Å²) in [6.45, 7) is 2.31. The van der Waals surface area contributed by atoms with E-state index in [-0.39, 0.29) is 17.8 Å². The number of carbonyl (C=O) groups excluding carboxylic acids is 2. The van der Waals surface area contributed by atoms with Gasteiger partial charge in [-0.05, 0) is 61.4 Å². The Morgan fingerprint density at radius 1 is 1.11 bits per heavy atom. The van der Waals surface area contributed by atoms with Gasteiger partial charge in [0.1, 0.15) is 11.6 Å². The molecule has 0 atom stereocenters. The smallest absolute Gasteiger partial charge is 0.321 e. The molecule has 0 aromatic heterocycles. The van der Waals surface area contributed by atoms with Crippen LogP contribution in [0, 0.1) is 5.82 Å². The van der Waals surface area contributed by atoms with E-state index in [4.69, 9.17) is 4.74 Å². The Morgan fingerprint density at radius 3 is 2.52 bits per heavy atom. The number of unbranched alkanes of at least 4 members (excludes halogenated alkanes) is 1. The minimum atomic E-state index is -0.290. The van der Waals surface area contributed by atoms with Crippen LogP contribution in [0.5, 0.6) is 5.75 Å². The van der Waals surface area contributed by atoms with Gasteiger partial charge in [-0.15, -0.1) is 0 Å². The number of nitrogens with zero attached hydrogens (tertiary/aromatic N) is 1. The number of nitrogens with one attached hydrogen (secondary N) is 2. The van der Waals surface area contributed by atoms with Gasteiger partial charge in [-0.25, -0.2) is 9.18 Å². The van der Waals surface area contributed by atoms with Crippen molar-refractivity contribution in [3.8, 4) is 5.75 Å². The summed E-state index contributed by atoms with van der Waals surface area (Å²) in [5.41, 5.74) is 1.33. The first-order chi connectivity index (χ1) is 13.1. The molecule has 2 N–H and O–H groups in total. The fourth-order valence-corrected chi connectivity index (χ4v) is 2.76. The standard InChI is InChI=1S/C20H22FN3O3/c21-16-5-9-18(10-6-16)27-14-2-1-11-22-19(25)15-3-7-17(8-4-15)24-13-12-23-20(24)26/h3-10H,1-2,11-14H2,(H,22,25)(H,23,26). The van der Waals surface area contributed by atoms with E-state index < -0.39 is 0 Å². The molecule has 142 valence electrons. The van der Waals surface area contributed by atoms with Crippen molar-refractivity contribution < 1.29 is 18.7 Å². The number of rotatable bonds is 8. The molecule has 0 aliphatic carbocycles. The average molecular weight is 371 g/mol. The molecule has 0 unspecified atom stereocenters. The maximum Gasteiger partial charge on any atom is 0.321 e. The van der Waals surface area contributed by atoms with Crippen LogP contribution in [0.1, 0.15) is 23.2 Å². The molecule has 7 heteroatoms. The molecule has 6 nitrogen and oxygen atoms in total. The lowest BCUT2D eigenvalue weighted by Gasteiger charge is -2.14. The van der Waals surface area contributed by atoms with Crippen molar-refractivity contribution >= 4 is 17.6 Å². The zero-order valence-electron chi connectivity index (χ0n) is 14.9. The number of hydrogen-bond acceptors (Lipinski definition) is 3. The molecule has 1 saturated heterocycles. The van der Waals surface area contributed by atoms with E-state index in [1.807, 2.05) is 0 Å². The number of benzene rings is 2. The van der Waals surface area contributed by atoms with Gasteiger partial charge in [0, 0.05) is 30.9 Å². The summed E-state index contributed by atoms with van der Waals surface area (Å²) < 4.78 is 18.3. The first-order valence-corrected chi connectivity index (χ1v) is 8.95. The lowest BCUT2D eigenvalue weighted by Crippen LogP contribution is -2.28. The first-order valence-electron chi connectivity index (χ1n) is 8.95. The molecule has 0 radical (unpaired) electrons. The van der Waals surface area contributed by atoms with E-state index in [0.29, 0.717) is 37.6 Å². The molecular formula is C20H22FN3O3. The SMILES string of the molecule is O=C(NCCCCOc1ccc(F)cc1)c1ccc(N2CCNC2=O)cc1. The molecule has 1 fully saturated rings. The molecule has 2 aromatic carbocycles. The Morgan fingerprint density at radius 2 is 1.85 bits per heavy atom. The largest absolute Gasteiger partial charge is 0.494 e. The zero-order chi connectivity index (χ0) is 19.1. The topological polar surface area (TPSA) is 70.7 Å². The zero-order valence-corrected chi connectivity index (χ0v) is 14.9. The summed E-state index contributed by atoms with van der Waals surface area (Å²) in [6, 6.07) is 12.8. The molecule has 3 rings (SSSR count). The maximum absolute atomic E-state index is 12.8. The highest BCUT2D eigenvalue weighted by Gasteiger charge is 2.21. The van der Waals surface area contributed by atoms with Gasteiger partial charge in [0.05, 0.1) is 6.61 Å². The van der Waals surface area contributed by atoms with Gasteiger partial charge in [0.15, 0.2) is 0 Å². The minimum Gasteiger partial charge on any atom is -0.494 e. The van der Waals surface area contributed by atoms with Crippen molar-refractivity contribution in [1.29, 1.82) is 0 Å². The summed E-state index contributed by atoms with van der Waals surface area (Å²) in [5.74, 6) is 0.195. The predicted molar refractivity (Wildman–Crippen MR) is 101 cm³/mol. The second-order valence-electron chi connectivity index (χ2n) is 6.20. The molecule has 3 amide bonds. The fraction of sp³-hybridized carbons (Fsp3) is 0.300. The van der Waals surface area contributed by atoms with Gasteiger partial charge in [-0.3, -0.25) is 9.69 Å². The Labute approximate surface area is 157 Å². The second-order valence-corrected chi connectivity index (χ2v) is 6.20. The molecule has 0 bridgehead atoms. The van der Waals surface area contributed by atoms with Gasteiger partial charge in [-0.1, -0.05) is 0 Å². The minimum absolute atomic E-state index is 0.116. The molecule has 1 aliphatic heterocycles. The summed E-state index contributed by atoms with van der Waals surface area (Å²) in [6.07, 6.45) is 1.56. The Bertz CT molecular complexity index is 778. The van der Waals surface area contributed by atoms with Crippen LogP contribution in [-0.2, 0) is 0 Å². The van der Waals surface area contributed by atoms with E-state index in [1.54, 1.807) is 41.3 Å². The maximum atomic E-state index is 12.8. The highest BCUT2D eigenvalue weighted by molar-refractivity contribution is 5.96. The Kier molecular flexibility index (Phi) is 6.25.